The molecule has 2 saturated carbocycles. The van der Waals surface area contributed by atoms with Gasteiger partial charge in [0.05, 0.1) is 6.10 Å². The van der Waals surface area contributed by atoms with Gasteiger partial charge in [-0.05, 0) is 42.7 Å². The van der Waals surface area contributed by atoms with Crippen LogP contribution in [0.15, 0.2) is 0 Å². The molecule has 18 heavy (non-hydrogen) atoms. The average Bonchev–Trinajstić information content (AvgIpc) is 2.92. The molecule has 0 N–H and O–H groups in total. The molecule has 0 aromatic heterocycles. The van der Waals surface area contributed by atoms with Gasteiger partial charge in [0.15, 0.2) is 0 Å². The van der Waals surface area contributed by atoms with Gasteiger partial charge in [0, 0.05) is 5.25 Å². The van der Waals surface area contributed by atoms with Gasteiger partial charge in [-0.15, -0.1) is 0 Å². The number of thiol groups is 1. The minimum atomic E-state index is 0.498. The van der Waals surface area contributed by atoms with Crippen LogP contribution in [0.4, 0.5) is 0 Å². The van der Waals surface area contributed by atoms with Crippen LogP contribution in [0.25, 0.3) is 0 Å². The summed E-state index contributed by atoms with van der Waals surface area (Å²) in [5, 5.41) is 0.548. The molecule has 0 amide bonds. The Morgan fingerprint density at radius 3 is 2.00 bits per heavy atom. The lowest BCUT2D eigenvalue weighted by Gasteiger charge is -2.42. The van der Waals surface area contributed by atoms with Crippen molar-refractivity contribution in [2.75, 3.05) is 0 Å². The van der Waals surface area contributed by atoms with E-state index in [0.717, 1.165) is 23.5 Å². The van der Waals surface area contributed by atoms with Crippen molar-refractivity contribution in [3.05, 3.63) is 0 Å². The van der Waals surface area contributed by atoms with Crippen LogP contribution in [0.3, 0.4) is 0 Å². The Morgan fingerprint density at radius 1 is 0.833 bits per heavy atom. The molecule has 0 aromatic carbocycles. The maximum absolute atomic E-state index is 6.69. The van der Waals surface area contributed by atoms with Crippen LogP contribution in [0.5, 0.6) is 0 Å². The lowest BCUT2D eigenvalue weighted by atomic mass is 9.38. The molecule has 2 heterocycles. The molecule has 4 atom stereocenters. The number of rotatable bonds is 2. The first kappa shape index (κ1) is 12.1. The molecule has 0 aromatic rings. The highest BCUT2D eigenvalue weighted by Gasteiger charge is 2.50. The largest absolute Gasteiger partial charge is 0.431 e. The topological polar surface area (TPSA) is 9.23 Å². The fourth-order valence-corrected chi connectivity index (χ4v) is 6.00. The molecule has 4 bridgehead atoms. The van der Waals surface area contributed by atoms with Gasteiger partial charge >= 0.3 is 0 Å². The Morgan fingerprint density at radius 2 is 1.44 bits per heavy atom. The first-order chi connectivity index (χ1) is 8.83. The average molecular weight is 264 g/mol. The molecular weight excluding hydrogens is 239 g/mol. The van der Waals surface area contributed by atoms with Crippen LogP contribution in [-0.4, -0.2) is 18.3 Å². The lowest BCUT2D eigenvalue weighted by molar-refractivity contribution is 0.127. The molecule has 2 saturated heterocycles. The standard InChI is InChI=1S/C15H25BOS/c18-15-11-8-7-10(9-11)14(15)17-16-12-3-1-4-13(16)6-2-5-12/h10-15,18H,1-9H2. The zero-order chi connectivity index (χ0) is 12.1. The van der Waals surface area contributed by atoms with Gasteiger partial charge in [0.25, 0.3) is 6.92 Å². The normalized spacial score (nSPS) is 50.8. The summed E-state index contributed by atoms with van der Waals surface area (Å²) >= 11 is 4.87. The maximum Gasteiger partial charge on any atom is 0.299 e. The molecule has 4 unspecified atom stereocenters. The van der Waals surface area contributed by atoms with E-state index in [0.29, 0.717) is 18.3 Å². The van der Waals surface area contributed by atoms with Crippen molar-refractivity contribution in [1.29, 1.82) is 0 Å². The van der Waals surface area contributed by atoms with E-state index in [-0.39, 0.29) is 0 Å². The van der Waals surface area contributed by atoms with E-state index in [1.54, 1.807) is 0 Å². The van der Waals surface area contributed by atoms with E-state index in [9.17, 15) is 0 Å². The number of fused-ring (bicyclic) bond motifs is 4. The third kappa shape index (κ3) is 1.88. The minimum absolute atomic E-state index is 0.498. The van der Waals surface area contributed by atoms with Crippen LogP contribution >= 0.6 is 12.6 Å². The number of hydrogen-bond donors (Lipinski definition) is 1. The van der Waals surface area contributed by atoms with Gasteiger partial charge in [-0.1, -0.05) is 38.5 Å². The molecule has 0 spiro atoms. The third-order valence-corrected chi connectivity index (χ3v) is 7.06. The summed E-state index contributed by atoms with van der Waals surface area (Å²) in [6.45, 7) is 0.603. The summed E-state index contributed by atoms with van der Waals surface area (Å²) in [4.78, 5) is 0. The lowest BCUT2D eigenvalue weighted by Crippen LogP contribution is -2.44. The molecule has 3 heteroatoms. The van der Waals surface area contributed by atoms with Crippen LogP contribution in [0, 0.1) is 11.8 Å². The molecule has 4 rings (SSSR count). The van der Waals surface area contributed by atoms with Crippen molar-refractivity contribution in [1.82, 2.24) is 0 Å². The summed E-state index contributed by atoms with van der Waals surface area (Å²) in [6.07, 6.45) is 13.4. The Bertz CT molecular complexity index is 300. The van der Waals surface area contributed by atoms with Gasteiger partial charge in [-0.3, -0.25) is 0 Å². The molecule has 4 fully saturated rings. The highest BCUT2D eigenvalue weighted by atomic mass is 32.1. The van der Waals surface area contributed by atoms with Crippen molar-refractivity contribution < 1.29 is 4.65 Å². The van der Waals surface area contributed by atoms with E-state index in [2.05, 4.69) is 0 Å². The van der Waals surface area contributed by atoms with Crippen molar-refractivity contribution in [2.45, 2.75) is 80.8 Å². The fourth-order valence-electron chi connectivity index (χ4n) is 5.42. The van der Waals surface area contributed by atoms with Crippen molar-refractivity contribution in [3.8, 4) is 0 Å². The zero-order valence-electron chi connectivity index (χ0n) is 11.3. The summed E-state index contributed by atoms with van der Waals surface area (Å²) in [5.74, 6) is 3.49. The molecule has 2 aliphatic heterocycles. The van der Waals surface area contributed by atoms with Crippen LogP contribution in [-0.2, 0) is 4.65 Å². The second-order valence-corrected chi connectivity index (χ2v) is 7.87. The Hall–Kier alpha value is 0.375. The number of hydrogen-bond acceptors (Lipinski definition) is 2. The third-order valence-electron chi connectivity index (χ3n) is 6.34. The molecule has 1 nitrogen and oxygen atoms in total. The smallest absolute Gasteiger partial charge is 0.299 e. The van der Waals surface area contributed by atoms with Gasteiger partial charge in [-0.25, -0.2) is 0 Å². The maximum atomic E-state index is 6.69. The van der Waals surface area contributed by atoms with E-state index < -0.39 is 0 Å². The van der Waals surface area contributed by atoms with Crippen LogP contribution < -0.4 is 0 Å². The SMILES string of the molecule is SC1C2CCC(C2)C1OB1C2CCCC1CCC2. The highest BCUT2D eigenvalue weighted by molar-refractivity contribution is 7.81. The quantitative estimate of drug-likeness (QED) is 0.581. The molecular formula is C15H25BOS. The molecule has 4 aliphatic rings. The second kappa shape index (κ2) is 4.73. The minimum Gasteiger partial charge on any atom is -0.431 e. The van der Waals surface area contributed by atoms with Gasteiger partial charge in [-0.2, -0.15) is 12.6 Å². The molecule has 0 radical (unpaired) electrons. The predicted octanol–water partition coefficient (Wildman–Crippen LogP) is 4.20. The Kier molecular flexibility index (Phi) is 3.19. The zero-order valence-corrected chi connectivity index (χ0v) is 12.2. The van der Waals surface area contributed by atoms with Crippen LogP contribution in [0.1, 0.15) is 57.8 Å². The fraction of sp³-hybridized carbons (Fsp3) is 1.00. The predicted molar refractivity (Wildman–Crippen MR) is 79.4 cm³/mol. The van der Waals surface area contributed by atoms with E-state index >= 15 is 0 Å². The summed E-state index contributed by atoms with van der Waals surface area (Å²) in [5.41, 5.74) is 0. The van der Waals surface area contributed by atoms with E-state index in [1.165, 1.54) is 57.8 Å². The van der Waals surface area contributed by atoms with Crippen molar-refractivity contribution in [3.63, 3.8) is 0 Å². The highest BCUT2D eigenvalue weighted by Crippen LogP contribution is 2.52. The van der Waals surface area contributed by atoms with Crippen molar-refractivity contribution in [2.24, 2.45) is 11.8 Å². The van der Waals surface area contributed by atoms with E-state index in [4.69, 9.17) is 17.3 Å². The van der Waals surface area contributed by atoms with Crippen molar-refractivity contribution >= 4 is 19.5 Å². The van der Waals surface area contributed by atoms with Crippen LogP contribution in [0.2, 0.25) is 11.6 Å². The van der Waals surface area contributed by atoms with Gasteiger partial charge in [0.1, 0.15) is 0 Å². The Labute approximate surface area is 117 Å². The summed E-state index contributed by atoms with van der Waals surface area (Å²) < 4.78 is 6.69. The molecule has 100 valence electrons. The Balaban J connectivity index is 1.47. The molecule has 2 aliphatic carbocycles. The summed E-state index contributed by atoms with van der Waals surface area (Å²) in [6, 6.07) is 0. The van der Waals surface area contributed by atoms with Gasteiger partial charge < -0.3 is 4.65 Å². The first-order valence-corrected chi connectivity index (χ1v) is 8.68. The second-order valence-electron chi connectivity index (χ2n) is 7.27. The monoisotopic (exact) mass is 264 g/mol. The first-order valence-electron chi connectivity index (χ1n) is 8.16. The van der Waals surface area contributed by atoms with Gasteiger partial charge in [0.2, 0.25) is 0 Å². The van der Waals surface area contributed by atoms with E-state index in [1.807, 2.05) is 0 Å². The summed E-state index contributed by atoms with van der Waals surface area (Å²) in [7, 11) is 0.